The fourth-order valence-electron chi connectivity index (χ4n) is 0.812. The molecule has 1 rings (SSSR count). The van der Waals surface area contributed by atoms with Crippen LogP contribution in [0.25, 0.3) is 0 Å². The average molecular weight is 292 g/mol. The lowest BCUT2D eigenvalue weighted by Gasteiger charge is -2.11. The number of hydrogen-bond acceptors (Lipinski definition) is 2. The van der Waals surface area contributed by atoms with Gasteiger partial charge in [0.15, 0.2) is 0 Å². The maximum absolute atomic E-state index is 5.49. The molecule has 13 heavy (non-hydrogen) atoms. The second-order valence-electron chi connectivity index (χ2n) is 2.81. The molecule has 1 aromatic rings. The number of rotatable bonds is 4. The van der Waals surface area contributed by atoms with Crippen LogP contribution < -0.4 is 4.74 Å². The number of hydrogen-bond donors (Lipinski definition) is 0. The van der Waals surface area contributed by atoms with Gasteiger partial charge in [0.1, 0.15) is 12.4 Å². The first-order valence-electron chi connectivity index (χ1n) is 4.13. The van der Waals surface area contributed by atoms with E-state index in [2.05, 4.69) is 22.6 Å². The maximum Gasteiger partial charge on any atom is 0.119 e. The second-order valence-corrected chi connectivity index (χ2v) is 4.06. The lowest BCUT2D eigenvalue weighted by Crippen LogP contribution is -2.15. The molecular weight excluding hydrogens is 279 g/mol. The zero-order valence-corrected chi connectivity index (χ0v) is 9.95. The quantitative estimate of drug-likeness (QED) is 0.794. The van der Waals surface area contributed by atoms with E-state index < -0.39 is 0 Å². The summed E-state index contributed by atoms with van der Waals surface area (Å²) in [4.78, 5) is 0. The molecule has 1 unspecified atom stereocenters. The molecule has 1 atom stereocenters. The summed E-state index contributed by atoms with van der Waals surface area (Å²) in [6.45, 7) is 2.57. The van der Waals surface area contributed by atoms with Crippen molar-refractivity contribution in [1.29, 1.82) is 0 Å². The fourth-order valence-corrected chi connectivity index (χ4v) is 1.17. The molecule has 0 fully saturated rings. The summed E-state index contributed by atoms with van der Waals surface area (Å²) in [7, 11) is 1.68. The molecule has 0 aromatic heterocycles. The van der Waals surface area contributed by atoms with Crippen molar-refractivity contribution in [2.75, 3.05) is 13.7 Å². The van der Waals surface area contributed by atoms with Gasteiger partial charge >= 0.3 is 0 Å². The fraction of sp³-hybridized carbons (Fsp3) is 0.400. The summed E-state index contributed by atoms with van der Waals surface area (Å²) in [5, 5.41) is 0. The van der Waals surface area contributed by atoms with Gasteiger partial charge in [-0.15, -0.1) is 0 Å². The van der Waals surface area contributed by atoms with Gasteiger partial charge < -0.3 is 9.47 Å². The van der Waals surface area contributed by atoms with Crippen molar-refractivity contribution >= 4 is 22.6 Å². The Balaban J connectivity index is 2.41. The van der Waals surface area contributed by atoms with Crippen molar-refractivity contribution in [3.63, 3.8) is 0 Å². The molecule has 0 heterocycles. The number of ether oxygens (including phenoxy) is 2. The van der Waals surface area contributed by atoms with E-state index in [4.69, 9.17) is 9.47 Å². The average Bonchev–Trinajstić information content (AvgIpc) is 2.16. The number of methoxy groups -OCH3 is 1. The molecule has 0 aliphatic heterocycles. The summed E-state index contributed by atoms with van der Waals surface area (Å²) < 4.78 is 11.8. The zero-order valence-electron chi connectivity index (χ0n) is 7.79. The number of halogens is 1. The monoisotopic (exact) mass is 292 g/mol. The predicted molar refractivity (Wildman–Crippen MR) is 61.1 cm³/mol. The molecule has 3 heteroatoms. The molecule has 0 radical (unpaired) electrons. The van der Waals surface area contributed by atoms with Gasteiger partial charge in [-0.05, 0) is 53.8 Å². The SMILES string of the molecule is COC(C)COc1ccc(I)cc1. The van der Waals surface area contributed by atoms with Gasteiger partial charge in [0, 0.05) is 10.7 Å². The summed E-state index contributed by atoms with van der Waals surface area (Å²) in [5.41, 5.74) is 0. The summed E-state index contributed by atoms with van der Waals surface area (Å²) >= 11 is 2.27. The predicted octanol–water partition coefficient (Wildman–Crippen LogP) is 2.70. The second kappa shape index (κ2) is 5.44. The van der Waals surface area contributed by atoms with Crippen LogP contribution in [-0.2, 0) is 4.74 Å². The summed E-state index contributed by atoms with van der Waals surface area (Å²) in [6, 6.07) is 7.97. The van der Waals surface area contributed by atoms with Crippen molar-refractivity contribution in [1.82, 2.24) is 0 Å². The first-order chi connectivity index (χ1) is 6.22. The first-order valence-corrected chi connectivity index (χ1v) is 5.21. The molecule has 72 valence electrons. The lowest BCUT2D eigenvalue weighted by atomic mass is 10.3. The molecule has 2 nitrogen and oxygen atoms in total. The third kappa shape index (κ3) is 3.95. The molecule has 0 N–H and O–H groups in total. The van der Waals surface area contributed by atoms with Crippen molar-refractivity contribution in [2.45, 2.75) is 13.0 Å². The van der Waals surface area contributed by atoms with E-state index in [0.717, 1.165) is 5.75 Å². The Morgan fingerprint density at radius 2 is 1.92 bits per heavy atom. The van der Waals surface area contributed by atoms with Crippen LogP contribution in [-0.4, -0.2) is 19.8 Å². The van der Waals surface area contributed by atoms with E-state index in [0.29, 0.717) is 6.61 Å². The topological polar surface area (TPSA) is 18.5 Å². The Morgan fingerprint density at radius 1 is 1.31 bits per heavy atom. The molecule has 0 saturated heterocycles. The molecule has 0 amide bonds. The molecule has 0 bridgehead atoms. The highest BCUT2D eigenvalue weighted by Gasteiger charge is 1.99. The van der Waals surface area contributed by atoms with Gasteiger partial charge in [0.25, 0.3) is 0 Å². The van der Waals surface area contributed by atoms with E-state index in [-0.39, 0.29) is 6.10 Å². The highest BCUT2D eigenvalue weighted by molar-refractivity contribution is 14.1. The Hall–Kier alpha value is -0.290. The maximum atomic E-state index is 5.49. The largest absolute Gasteiger partial charge is 0.491 e. The van der Waals surface area contributed by atoms with Crippen LogP contribution in [0.1, 0.15) is 6.92 Å². The van der Waals surface area contributed by atoms with E-state index in [1.807, 2.05) is 31.2 Å². The smallest absolute Gasteiger partial charge is 0.119 e. The van der Waals surface area contributed by atoms with Gasteiger partial charge in [-0.2, -0.15) is 0 Å². The first kappa shape index (κ1) is 10.8. The van der Waals surface area contributed by atoms with E-state index in [9.17, 15) is 0 Å². The lowest BCUT2D eigenvalue weighted by molar-refractivity contribution is 0.0716. The van der Waals surface area contributed by atoms with Crippen molar-refractivity contribution < 1.29 is 9.47 Å². The van der Waals surface area contributed by atoms with Gasteiger partial charge in [-0.3, -0.25) is 0 Å². The van der Waals surface area contributed by atoms with Crippen LogP contribution in [0.5, 0.6) is 5.75 Å². The minimum Gasteiger partial charge on any atom is -0.491 e. The Labute approximate surface area is 92.4 Å². The minimum absolute atomic E-state index is 0.138. The van der Waals surface area contributed by atoms with Crippen LogP contribution in [0.4, 0.5) is 0 Å². The van der Waals surface area contributed by atoms with Gasteiger partial charge in [0.2, 0.25) is 0 Å². The highest BCUT2D eigenvalue weighted by atomic mass is 127. The third-order valence-electron chi connectivity index (χ3n) is 1.70. The van der Waals surface area contributed by atoms with Crippen LogP contribution >= 0.6 is 22.6 Å². The van der Waals surface area contributed by atoms with Crippen LogP contribution in [0.2, 0.25) is 0 Å². The molecule has 0 aliphatic carbocycles. The van der Waals surface area contributed by atoms with Crippen molar-refractivity contribution in [2.24, 2.45) is 0 Å². The molecule has 0 aliphatic rings. The van der Waals surface area contributed by atoms with Crippen molar-refractivity contribution in [3.8, 4) is 5.75 Å². The van der Waals surface area contributed by atoms with E-state index in [1.54, 1.807) is 7.11 Å². The van der Waals surface area contributed by atoms with Gasteiger partial charge in [-0.25, -0.2) is 0 Å². The highest BCUT2D eigenvalue weighted by Crippen LogP contribution is 2.13. The molecule has 0 saturated carbocycles. The zero-order chi connectivity index (χ0) is 9.68. The molecular formula is C10H13IO2. The van der Waals surface area contributed by atoms with E-state index >= 15 is 0 Å². The van der Waals surface area contributed by atoms with E-state index in [1.165, 1.54) is 3.57 Å². The number of benzene rings is 1. The standard InChI is InChI=1S/C10H13IO2/c1-8(12-2)7-13-10-5-3-9(11)4-6-10/h3-6,8H,7H2,1-2H3. The third-order valence-corrected chi connectivity index (χ3v) is 2.42. The van der Waals surface area contributed by atoms with Crippen LogP contribution in [0, 0.1) is 3.57 Å². The van der Waals surface area contributed by atoms with Gasteiger partial charge in [-0.1, -0.05) is 0 Å². The summed E-state index contributed by atoms with van der Waals surface area (Å²) in [6.07, 6.45) is 0.138. The summed E-state index contributed by atoms with van der Waals surface area (Å²) in [5.74, 6) is 0.893. The van der Waals surface area contributed by atoms with Crippen LogP contribution in [0.15, 0.2) is 24.3 Å². The Morgan fingerprint density at radius 3 is 2.46 bits per heavy atom. The molecule has 1 aromatic carbocycles. The normalized spacial score (nSPS) is 12.5. The Bertz CT molecular complexity index is 246. The van der Waals surface area contributed by atoms with Gasteiger partial charge in [0.05, 0.1) is 6.10 Å². The van der Waals surface area contributed by atoms with Crippen molar-refractivity contribution in [3.05, 3.63) is 27.8 Å². The molecule has 0 spiro atoms. The van der Waals surface area contributed by atoms with Crippen LogP contribution in [0.3, 0.4) is 0 Å². The minimum atomic E-state index is 0.138. The Kier molecular flexibility index (Phi) is 4.52.